The molecule has 1 amide bonds. The maximum Gasteiger partial charge on any atom is 0.417 e. The second-order valence-electron chi connectivity index (χ2n) is 8.24. The number of primary amides is 1. The number of halogens is 10. The summed E-state index contributed by atoms with van der Waals surface area (Å²) in [5.41, 5.74) is 4.35. The largest absolute Gasteiger partial charge is 0.494 e. The van der Waals surface area contributed by atoms with E-state index in [9.17, 15) is 31.1 Å². The van der Waals surface area contributed by atoms with E-state index in [0.717, 1.165) is 18.2 Å². The summed E-state index contributed by atoms with van der Waals surface area (Å²) in [4.78, 5) is 18.3. The summed E-state index contributed by atoms with van der Waals surface area (Å²) >= 11 is 23.1. The predicted molar refractivity (Wildman–Crippen MR) is 145 cm³/mol. The minimum absolute atomic E-state index is 0.00197. The molecule has 2 aromatic rings. The van der Waals surface area contributed by atoms with Crippen molar-refractivity contribution in [2.24, 2.45) is 5.73 Å². The van der Waals surface area contributed by atoms with Crippen LogP contribution < -0.4 is 10.5 Å². The average molecular weight is 685 g/mol. The van der Waals surface area contributed by atoms with E-state index in [2.05, 4.69) is 4.98 Å². The number of pyridine rings is 1. The molecule has 0 aliphatic carbocycles. The number of hydroxylamine groups is 2. The molecule has 0 fully saturated rings. The number of ether oxygens (including phenoxy) is 2. The smallest absolute Gasteiger partial charge is 0.417 e. The lowest BCUT2D eigenvalue weighted by Gasteiger charge is -2.42. The lowest BCUT2D eigenvalue weighted by Crippen LogP contribution is -2.60. The topological polar surface area (TPSA) is 86.9 Å². The number of amides is 1. The van der Waals surface area contributed by atoms with Crippen molar-refractivity contribution in [1.29, 1.82) is 0 Å². The number of benzene rings is 1. The minimum atomic E-state index is -4.98. The Hall–Kier alpha value is -2.42. The molecule has 3 rings (SSSR count). The van der Waals surface area contributed by atoms with Crippen LogP contribution in [0.2, 0.25) is 0 Å². The van der Waals surface area contributed by atoms with E-state index in [-0.39, 0.29) is 30.0 Å². The maximum absolute atomic E-state index is 13.8. The third kappa shape index (κ3) is 10.7. The Morgan fingerprint density at radius 3 is 2.07 bits per heavy atom. The molecule has 232 valence electrons. The van der Waals surface area contributed by atoms with Crippen LogP contribution in [0.1, 0.15) is 12.0 Å². The molecule has 7 nitrogen and oxygen atoms in total. The highest BCUT2D eigenvalue weighted by Crippen LogP contribution is 2.44. The van der Waals surface area contributed by atoms with Crippen LogP contribution in [0.15, 0.2) is 76.1 Å². The van der Waals surface area contributed by atoms with Gasteiger partial charge >= 0.3 is 12.4 Å². The molecule has 0 radical (unpaired) electrons. The lowest BCUT2D eigenvalue weighted by atomic mass is 9.97. The van der Waals surface area contributed by atoms with Crippen LogP contribution in [0, 0.1) is 0 Å². The van der Waals surface area contributed by atoms with Crippen molar-refractivity contribution < 1.29 is 45.4 Å². The molecular formula is C25H23Cl4F6N3O4. The first-order valence-electron chi connectivity index (χ1n) is 11.7. The van der Waals surface area contributed by atoms with Gasteiger partial charge in [0.25, 0.3) is 0 Å². The van der Waals surface area contributed by atoms with Crippen LogP contribution in [0.5, 0.6) is 5.88 Å². The average Bonchev–Trinajstić information content (AvgIpc) is 2.90. The van der Waals surface area contributed by atoms with Crippen LogP contribution in [0.25, 0.3) is 0 Å². The van der Waals surface area contributed by atoms with Gasteiger partial charge in [-0.15, -0.1) is 0 Å². The van der Waals surface area contributed by atoms with Crippen LogP contribution in [0.3, 0.4) is 0 Å². The summed E-state index contributed by atoms with van der Waals surface area (Å²) in [5.74, 6) is -2.11. The van der Waals surface area contributed by atoms with Crippen molar-refractivity contribution in [3.8, 4) is 5.88 Å². The number of rotatable bonds is 10. The SMILES string of the molecule is NC(=O)C1(Cl)CN(OCC=C(Cl)Cl)C(C(F)(F)F)C(Cl)=C1OCCCOc1ccc(C(F)(F)F)cn1.c1ccccc1. The summed E-state index contributed by atoms with van der Waals surface area (Å²) in [6, 6.07) is 11.2. The van der Waals surface area contributed by atoms with E-state index in [0.29, 0.717) is 11.3 Å². The zero-order valence-electron chi connectivity index (χ0n) is 21.3. The molecule has 1 aliphatic rings. The van der Waals surface area contributed by atoms with Crippen LogP contribution in [-0.2, 0) is 20.5 Å². The van der Waals surface area contributed by atoms with E-state index in [4.69, 9.17) is 66.4 Å². The maximum atomic E-state index is 13.8. The number of carbonyl (C=O) groups excluding carboxylic acids is 1. The summed E-state index contributed by atoms with van der Waals surface area (Å²) in [6.07, 6.45) is -7.92. The van der Waals surface area contributed by atoms with Gasteiger partial charge in [-0.05, 0) is 12.1 Å². The molecule has 2 unspecified atom stereocenters. The van der Waals surface area contributed by atoms with Crippen molar-refractivity contribution in [2.45, 2.75) is 29.7 Å². The number of aromatic nitrogens is 1. The summed E-state index contributed by atoms with van der Waals surface area (Å²) in [6.45, 7) is -1.89. The number of nitrogens with two attached hydrogens (primary N) is 1. The van der Waals surface area contributed by atoms with Crippen molar-refractivity contribution >= 4 is 52.3 Å². The Kier molecular flexibility index (Phi) is 13.5. The summed E-state index contributed by atoms with van der Waals surface area (Å²) in [7, 11) is 0. The van der Waals surface area contributed by atoms with Gasteiger partial charge in [0.1, 0.15) is 10.3 Å². The van der Waals surface area contributed by atoms with E-state index in [1.807, 2.05) is 36.4 Å². The van der Waals surface area contributed by atoms with Gasteiger partial charge in [0.05, 0.1) is 37.0 Å². The van der Waals surface area contributed by atoms with Crippen molar-refractivity contribution in [2.75, 3.05) is 26.4 Å². The molecule has 0 saturated carbocycles. The molecule has 1 aromatic heterocycles. The third-order valence-corrected chi connectivity index (χ3v) is 6.34. The zero-order valence-corrected chi connectivity index (χ0v) is 24.3. The number of alkyl halides is 7. The quantitative estimate of drug-likeness (QED) is 0.165. The van der Waals surface area contributed by atoms with Crippen molar-refractivity contribution in [3.05, 3.63) is 81.7 Å². The lowest BCUT2D eigenvalue weighted by molar-refractivity contribution is -0.264. The molecule has 0 spiro atoms. The molecule has 0 bridgehead atoms. The number of nitrogens with zero attached hydrogens (tertiary/aromatic N) is 2. The first-order valence-corrected chi connectivity index (χ1v) is 13.2. The fraction of sp³-hybridized carbons (Fsp3) is 0.360. The first-order chi connectivity index (χ1) is 19.6. The van der Waals surface area contributed by atoms with Gasteiger partial charge in [0.15, 0.2) is 10.9 Å². The second kappa shape index (κ2) is 15.9. The highest BCUT2D eigenvalue weighted by molar-refractivity contribution is 6.55. The third-order valence-electron chi connectivity index (χ3n) is 5.17. The number of hydrogen-bond acceptors (Lipinski definition) is 6. The predicted octanol–water partition coefficient (Wildman–Crippen LogP) is 6.98. The molecule has 2 heterocycles. The monoisotopic (exact) mass is 683 g/mol. The van der Waals surface area contributed by atoms with E-state index >= 15 is 0 Å². The van der Waals surface area contributed by atoms with Gasteiger partial charge in [0.2, 0.25) is 11.8 Å². The Balaban J connectivity index is 0.000000908. The number of carbonyl (C=O) groups is 1. The van der Waals surface area contributed by atoms with Gasteiger partial charge in [-0.25, -0.2) is 4.98 Å². The Morgan fingerprint density at radius 2 is 1.62 bits per heavy atom. The van der Waals surface area contributed by atoms with Gasteiger partial charge < -0.3 is 15.2 Å². The molecule has 42 heavy (non-hydrogen) atoms. The number of hydrogen-bond donors (Lipinski definition) is 1. The van der Waals surface area contributed by atoms with Crippen LogP contribution in [-0.4, -0.2) is 59.4 Å². The molecule has 17 heteroatoms. The van der Waals surface area contributed by atoms with Crippen LogP contribution >= 0.6 is 46.4 Å². The van der Waals surface area contributed by atoms with Crippen LogP contribution in [0.4, 0.5) is 26.3 Å². The highest BCUT2D eigenvalue weighted by atomic mass is 35.5. The van der Waals surface area contributed by atoms with Crippen molar-refractivity contribution in [1.82, 2.24) is 10.0 Å². The molecule has 0 saturated heterocycles. The van der Waals surface area contributed by atoms with E-state index in [1.165, 1.54) is 0 Å². The Labute approximate surface area is 256 Å². The first kappa shape index (κ1) is 35.8. The normalized spacial score (nSPS) is 19.4. The molecule has 1 aromatic carbocycles. The molecule has 1 aliphatic heterocycles. The highest BCUT2D eigenvalue weighted by Gasteiger charge is 2.58. The fourth-order valence-corrected chi connectivity index (χ4v) is 4.14. The van der Waals surface area contributed by atoms with Gasteiger partial charge in [-0.1, -0.05) is 82.8 Å². The zero-order chi connectivity index (χ0) is 31.6. The second-order valence-corrected chi connectivity index (χ2v) is 10.3. The van der Waals surface area contributed by atoms with Gasteiger partial charge in [-0.2, -0.15) is 31.4 Å². The summed E-state index contributed by atoms with van der Waals surface area (Å²) in [5, 5.41) is -0.673. The van der Waals surface area contributed by atoms with Crippen molar-refractivity contribution in [3.63, 3.8) is 0 Å². The van der Waals surface area contributed by atoms with E-state index in [1.54, 1.807) is 0 Å². The molecular weight excluding hydrogens is 662 g/mol. The fourth-order valence-electron chi connectivity index (χ4n) is 3.24. The van der Waals surface area contributed by atoms with E-state index < -0.39 is 58.7 Å². The molecule has 2 atom stereocenters. The Morgan fingerprint density at radius 1 is 1.05 bits per heavy atom. The van der Waals surface area contributed by atoms with Gasteiger partial charge in [-0.3, -0.25) is 9.63 Å². The standard InChI is InChI=1S/C19H17Cl4F6N3O4.C6H6/c20-11(21)4-7-36-32-9-17(23,16(30)33)15(13(22)14(32)19(27,28)29)35-6-1-5-34-12-3-2-10(8-31-12)18(24,25)26;1-2-4-6-5-3-1/h2-4,8,14H,1,5-7,9H2,(H2,30,33);1-6H. The summed E-state index contributed by atoms with van der Waals surface area (Å²) < 4.78 is 89.2. The minimum Gasteiger partial charge on any atom is -0.494 e. The Bertz CT molecular complexity index is 1190. The molecule has 2 N–H and O–H groups in total. The van der Waals surface area contributed by atoms with Gasteiger partial charge in [0, 0.05) is 18.7 Å².